The highest BCUT2D eigenvalue weighted by molar-refractivity contribution is 6.32. The summed E-state index contributed by atoms with van der Waals surface area (Å²) in [6.07, 6.45) is 2.08. The van der Waals surface area contributed by atoms with E-state index in [1.165, 1.54) is 12.1 Å². The molecular weight excluding hydrogens is 374 g/mol. The molecule has 0 saturated carbocycles. The third-order valence-corrected chi connectivity index (χ3v) is 4.31. The summed E-state index contributed by atoms with van der Waals surface area (Å²) in [5.41, 5.74) is -0.0502. The maximum absolute atomic E-state index is 11.9. The molecule has 0 saturated heterocycles. The third kappa shape index (κ3) is 7.95. The predicted octanol–water partition coefficient (Wildman–Crippen LogP) is 4.83. The zero-order valence-electron chi connectivity index (χ0n) is 15.9. The second-order valence-corrected chi connectivity index (χ2v) is 6.99. The van der Waals surface area contributed by atoms with Crippen molar-refractivity contribution in [2.75, 3.05) is 0 Å². The van der Waals surface area contributed by atoms with Crippen LogP contribution >= 0.6 is 11.6 Å². The summed E-state index contributed by atoms with van der Waals surface area (Å²) in [6.45, 7) is 5.79. The molecule has 150 valence electrons. The number of halogens is 1. The predicted molar refractivity (Wildman–Crippen MR) is 101 cm³/mol. The van der Waals surface area contributed by atoms with Crippen molar-refractivity contribution in [3.05, 3.63) is 38.9 Å². The standard InChI is InChI=1S/C19H26ClNO6/c1-4-7-16(13(2)3)27-18(23)11-6-10-17(22)26-12-14-8-5-9-15(20)19(14)21(24)25/h5,8-9,13,16H,4,6-7,10-12H2,1-3H3. The molecule has 1 atom stereocenters. The van der Waals surface area contributed by atoms with Crippen molar-refractivity contribution in [3.8, 4) is 0 Å². The molecule has 1 unspecified atom stereocenters. The molecule has 0 aliphatic rings. The number of benzene rings is 1. The fourth-order valence-electron chi connectivity index (χ4n) is 2.53. The van der Waals surface area contributed by atoms with Gasteiger partial charge in [-0.15, -0.1) is 0 Å². The first-order chi connectivity index (χ1) is 12.8. The first-order valence-corrected chi connectivity index (χ1v) is 9.40. The van der Waals surface area contributed by atoms with Crippen molar-refractivity contribution in [1.82, 2.24) is 0 Å². The highest BCUT2D eigenvalue weighted by atomic mass is 35.5. The SMILES string of the molecule is CCCC(OC(=O)CCCC(=O)OCc1cccc(Cl)c1[N+](=O)[O-])C(C)C. The Morgan fingerprint density at radius 1 is 1.22 bits per heavy atom. The summed E-state index contributed by atoms with van der Waals surface area (Å²) in [4.78, 5) is 34.1. The average Bonchev–Trinajstić information content (AvgIpc) is 2.59. The van der Waals surface area contributed by atoms with E-state index in [-0.39, 0.29) is 53.7 Å². The molecule has 0 heterocycles. The van der Waals surface area contributed by atoms with Crippen LogP contribution in [0.3, 0.4) is 0 Å². The maximum atomic E-state index is 11.9. The topological polar surface area (TPSA) is 95.7 Å². The molecule has 1 aromatic rings. The zero-order chi connectivity index (χ0) is 20.4. The molecule has 0 bridgehead atoms. The third-order valence-electron chi connectivity index (χ3n) is 4.00. The van der Waals surface area contributed by atoms with Crippen LogP contribution in [-0.4, -0.2) is 23.0 Å². The van der Waals surface area contributed by atoms with Crippen LogP contribution in [0.25, 0.3) is 0 Å². The van der Waals surface area contributed by atoms with Gasteiger partial charge in [-0.1, -0.05) is 44.9 Å². The highest BCUT2D eigenvalue weighted by Gasteiger charge is 2.20. The average molecular weight is 400 g/mol. The van der Waals surface area contributed by atoms with Crippen molar-refractivity contribution in [2.24, 2.45) is 5.92 Å². The van der Waals surface area contributed by atoms with Crippen LogP contribution in [0.4, 0.5) is 5.69 Å². The number of nitro benzene ring substituents is 1. The molecule has 8 heteroatoms. The minimum Gasteiger partial charge on any atom is -0.462 e. The van der Waals surface area contributed by atoms with Crippen LogP contribution in [0.2, 0.25) is 5.02 Å². The quantitative estimate of drug-likeness (QED) is 0.300. The Bertz CT molecular complexity index is 662. The summed E-state index contributed by atoms with van der Waals surface area (Å²) >= 11 is 5.81. The van der Waals surface area contributed by atoms with Gasteiger partial charge in [0.05, 0.1) is 10.5 Å². The highest BCUT2D eigenvalue weighted by Crippen LogP contribution is 2.28. The van der Waals surface area contributed by atoms with Gasteiger partial charge >= 0.3 is 11.9 Å². The van der Waals surface area contributed by atoms with E-state index in [4.69, 9.17) is 21.1 Å². The lowest BCUT2D eigenvalue weighted by Crippen LogP contribution is -2.23. The summed E-state index contributed by atoms with van der Waals surface area (Å²) in [6, 6.07) is 4.43. The number of esters is 2. The van der Waals surface area contributed by atoms with E-state index in [0.29, 0.717) is 6.42 Å². The fourth-order valence-corrected chi connectivity index (χ4v) is 2.79. The number of nitrogens with zero attached hydrogens (tertiary/aromatic N) is 1. The Labute approximate surface area is 164 Å². The summed E-state index contributed by atoms with van der Waals surface area (Å²) in [5.74, 6) is -0.626. The second kappa shape index (κ2) is 11.5. The molecular formula is C19H26ClNO6. The minimum absolute atomic E-state index is 0.0110. The van der Waals surface area contributed by atoms with Gasteiger partial charge in [-0.05, 0) is 30.9 Å². The van der Waals surface area contributed by atoms with Crippen molar-refractivity contribution >= 4 is 29.2 Å². The van der Waals surface area contributed by atoms with E-state index in [2.05, 4.69) is 0 Å². The molecule has 1 rings (SSSR count). The monoisotopic (exact) mass is 399 g/mol. The van der Waals surface area contributed by atoms with Gasteiger partial charge in [0.25, 0.3) is 5.69 Å². The molecule has 0 radical (unpaired) electrons. The van der Waals surface area contributed by atoms with Gasteiger partial charge in [0.2, 0.25) is 0 Å². The number of ether oxygens (including phenoxy) is 2. The largest absolute Gasteiger partial charge is 0.462 e. The van der Waals surface area contributed by atoms with Gasteiger partial charge in [0.15, 0.2) is 0 Å². The van der Waals surface area contributed by atoms with E-state index >= 15 is 0 Å². The number of rotatable bonds is 11. The Kier molecular flexibility index (Phi) is 9.78. The van der Waals surface area contributed by atoms with Crippen LogP contribution in [0.5, 0.6) is 0 Å². The zero-order valence-corrected chi connectivity index (χ0v) is 16.7. The molecule has 0 aliphatic carbocycles. The molecule has 7 nitrogen and oxygen atoms in total. The van der Waals surface area contributed by atoms with Crippen molar-refractivity contribution in [1.29, 1.82) is 0 Å². The minimum atomic E-state index is -0.608. The van der Waals surface area contributed by atoms with Crippen LogP contribution < -0.4 is 0 Å². The van der Waals surface area contributed by atoms with Gasteiger partial charge in [0, 0.05) is 12.8 Å². The van der Waals surface area contributed by atoms with Gasteiger partial charge < -0.3 is 9.47 Å². The lowest BCUT2D eigenvalue weighted by molar-refractivity contribution is -0.385. The lowest BCUT2D eigenvalue weighted by atomic mass is 10.0. The van der Waals surface area contributed by atoms with Crippen LogP contribution in [0.1, 0.15) is 58.4 Å². The molecule has 1 aromatic carbocycles. The van der Waals surface area contributed by atoms with Crippen LogP contribution in [0.15, 0.2) is 18.2 Å². The Hall–Kier alpha value is -2.15. The fraction of sp³-hybridized carbons (Fsp3) is 0.579. The summed E-state index contributed by atoms with van der Waals surface area (Å²) in [5, 5.41) is 11.0. The van der Waals surface area contributed by atoms with Gasteiger partial charge in [-0.25, -0.2) is 0 Å². The Morgan fingerprint density at radius 3 is 2.48 bits per heavy atom. The molecule has 0 amide bonds. The van der Waals surface area contributed by atoms with E-state index in [1.807, 2.05) is 20.8 Å². The maximum Gasteiger partial charge on any atom is 0.306 e. The van der Waals surface area contributed by atoms with Crippen LogP contribution in [-0.2, 0) is 25.7 Å². The Morgan fingerprint density at radius 2 is 1.89 bits per heavy atom. The number of carbonyl (C=O) groups is 2. The van der Waals surface area contributed by atoms with E-state index in [9.17, 15) is 19.7 Å². The van der Waals surface area contributed by atoms with Gasteiger partial charge in [0.1, 0.15) is 17.7 Å². The molecule has 0 spiro atoms. The van der Waals surface area contributed by atoms with Gasteiger partial charge in [-0.3, -0.25) is 19.7 Å². The van der Waals surface area contributed by atoms with E-state index in [0.717, 1.165) is 12.8 Å². The number of nitro groups is 1. The lowest BCUT2D eigenvalue weighted by Gasteiger charge is -2.20. The van der Waals surface area contributed by atoms with Gasteiger partial charge in [-0.2, -0.15) is 0 Å². The molecule has 0 aliphatic heterocycles. The summed E-state index contributed by atoms with van der Waals surface area (Å²) < 4.78 is 10.5. The normalized spacial score (nSPS) is 11.9. The first-order valence-electron chi connectivity index (χ1n) is 9.03. The van der Waals surface area contributed by atoms with Crippen molar-refractivity contribution in [3.63, 3.8) is 0 Å². The number of carbonyl (C=O) groups excluding carboxylic acids is 2. The second-order valence-electron chi connectivity index (χ2n) is 6.58. The number of hydrogen-bond donors (Lipinski definition) is 0. The van der Waals surface area contributed by atoms with Crippen molar-refractivity contribution < 1.29 is 24.0 Å². The summed E-state index contributed by atoms with van der Waals surface area (Å²) in [7, 11) is 0. The Balaban J connectivity index is 2.41. The number of para-hydroxylation sites is 1. The molecule has 0 fully saturated rings. The number of hydrogen-bond acceptors (Lipinski definition) is 6. The van der Waals surface area contributed by atoms with E-state index in [1.54, 1.807) is 6.07 Å². The van der Waals surface area contributed by atoms with Crippen molar-refractivity contribution in [2.45, 2.75) is 65.6 Å². The molecule has 0 N–H and O–H groups in total. The smallest absolute Gasteiger partial charge is 0.306 e. The van der Waals surface area contributed by atoms with Crippen LogP contribution in [0, 0.1) is 16.0 Å². The molecule has 0 aromatic heterocycles. The van der Waals surface area contributed by atoms with E-state index < -0.39 is 10.9 Å². The molecule has 27 heavy (non-hydrogen) atoms. The first kappa shape index (κ1) is 22.9.